The number of benzene rings is 1. The van der Waals surface area contributed by atoms with Crippen molar-refractivity contribution < 1.29 is 4.79 Å². The van der Waals surface area contributed by atoms with E-state index >= 15 is 0 Å². The predicted molar refractivity (Wildman–Crippen MR) is 96.1 cm³/mol. The molecule has 0 radical (unpaired) electrons. The molecule has 122 valence electrons. The molecule has 0 saturated heterocycles. The second-order valence-electron chi connectivity index (χ2n) is 6.47. The number of nitrogens with one attached hydrogen (secondary N) is 1. The fourth-order valence-corrected chi connectivity index (χ4v) is 3.95. The normalized spacial score (nSPS) is 21.3. The summed E-state index contributed by atoms with van der Waals surface area (Å²) in [4.78, 5) is 12.5. The van der Waals surface area contributed by atoms with Crippen LogP contribution in [0.4, 0.5) is 5.69 Å². The Morgan fingerprint density at radius 2 is 2.18 bits per heavy atom. The molecule has 1 saturated carbocycles. The second kappa shape index (κ2) is 8.02. The van der Waals surface area contributed by atoms with Gasteiger partial charge in [0.1, 0.15) is 0 Å². The van der Waals surface area contributed by atoms with E-state index in [1.165, 1.54) is 11.1 Å². The third-order valence-electron chi connectivity index (χ3n) is 4.57. The SMILES string of the molecule is Cc1c(CSC(C)C)cccc1NC(=O)[C@@H]1CCC[C@@H]1CN. The van der Waals surface area contributed by atoms with Gasteiger partial charge < -0.3 is 11.1 Å². The molecule has 1 amide bonds. The van der Waals surface area contributed by atoms with Gasteiger partial charge in [-0.15, -0.1) is 0 Å². The minimum atomic E-state index is 0.0816. The highest BCUT2D eigenvalue weighted by Gasteiger charge is 2.32. The lowest BCUT2D eigenvalue weighted by Crippen LogP contribution is -2.30. The molecule has 3 N–H and O–H groups in total. The fourth-order valence-electron chi connectivity index (χ4n) is 3.12. The van der Waals surface area contributed by atoms with Crippen LogP contribution in [-0.2, 0) is 10.5 Å². The number of rotatable bonds is 6. The van der Waals surface area contributed by atoms with E-state index in [0.29, 0.717) is 17.7 Å². The van der Waals surface area contributed by atoms with Crippen LogP contribution in [0.25, 0.3) is 0 Å². The fraction of sp³-hybridized carbons (Fsp3) is 0.611. The van der Waals surface area contributed by atoms with Gasteiger partial charge in [0, 0.05) is 17.4 Å². The molecule has 0 spiro atoms. The predicted octanol–water partition coefficient (Wildman–Crippen LogP) is 3.95. The summed E-state index contributed by atoms with van der Waals surface area (Å²) in [6.07, 6.45) is 3.16. The molecule has 2 rings (SSSR count). The lowest BCUT2D eigenvalue weighted by atomic mass is 9.95. The van der Waals surface area contributed by atoms with E-state index in [9.17, 15) is 4.79 Å². The quantitative estimate of drug-likeness (QED) is 0.834. The third-order valence-corrected chi connectivity index (χ3v) is 5.72. The summed E-state index contributed by atoms with van der Waals surface area (Å²) in [5.74, 6) is 1.56. The zero-order chi connectivity index (χ0) is 16.1. The highest BCUT2D eigenvalue weighted by atomic mass is 32.2. The maximum atomic E-state index is 12.5. The van der Waals surface area contributed by atoms with Crippen LogP contribution in [0, 0.1) is 18.8 Å². The monoisotopic (exact) mass is 320 g/mol. The molecular formula is C18H28N2OS. The zero-order valence-electron chi connectivity index (χ0n) is 13.9. The van der Waals surface area contributed by atoms with Gasteiger partial charge in [-0.1, -0.05) is 32.4 Å². The Labute approximate surface area is 138 Å². The van der Waals surface area contributed by atoms with E-state index < -0.39 is 0 Å². The standard InChI is InChI=1S/C18H28N2OS/c1-12(2)22-11-15-7-5-9-17(13(15)3)20-18(21)16-8-4-6-14(16)10-19/h5,7,9,12,14,16H,4,6,8,10-11,19H2,1-3H3,(H,20,21)/t14-,16-/m1/s1. The van der Waals surface area contributed by atoms with E-state index in [0.717, 1.165) is 30.7 Å². The van der Waals surface area contributed by atoms with Crippen LogP contribution in [0.2, 0.25) is 0 Å². The molecule has 0 heterocycles. The van der Waals surface area contributed by atoms with Crippen molar-refractivity contribution in [3.05, 3.63) is 29.3 Å². The minimum absolute atomic E-state index is 0.0816. The Kier molecular flexibility index (Phi) is 6.33. The summed E-state index contributed by atoms with van der Waals surface area (Å²) in [5.41, 5.74) is 9.24. The van der Waals surface area contributed by atoms with E-state index in [4.69, 9.17) is 5.73 Å². The first kappa shape index (κ1) is 17.4. The number of hydrogen-bond donors (Lipinski definition) is 2. The van der Waals surface area contributed by atoms with Crippen LogP contribution in [0.3, 0.4) is 0 Å². The van der Waals surface area contributed by atoms with Gasteiger partial charge in [0.25, 0.3) is 0 Å². The Morgan fingerprint density at radius 1 is 1.41 bits per heavy atom. The first-order valence-corrected chi connectivity index (χ1v) is 9.28. The van der Waals surface area contributed by atoms with E-state index in [2.05, 4.69) is 32.2 Å². The van der Waals surface area contributed by atoms with Gasteiger partial charge in [0.15, 0.2) is 0 Å². The van der Waals surface area contributed by atoms with Crippen LogP contribution < -0.4 is 11.1 Å². The number of hydrogen-bond acceptors (Lipinski definition) is 3. The smallest absolute Gasteiger partial charge is 0.227 e. The molecule has 4 heteroatoms. The van der Waals surface area contributed by atoms with Crippen molar-refractivity contribution in [1.82, 2.24) is 0 Å². The van der Waals surface area contributed by atoms with Gasteiger partial charge in [-0.25, -0.2) is 0 Å². The Bertz CT molecular complexity index is 516. The van der Waals surface area contributed by atoms with Crippen molar-refractivity contribution in [1.29, 1.82) is 0 Å². The maximum Gasteiger partial charge on any atom is 0.227 e. The van der Waals surface area contributed by atoms with Crippen LogP contribution in [0.5, 0.6) is 0 Å². The lowest BCUT2D eigenvalue weighted by Gasteiger charge is -2.19. The molecule has 0 aromatic heterocycles. The maximum absolute atomic E-state index is 12.5. The highest BCUT2D eigenvalue weighted by Crippen LogP contribution is 2.32. The average Bonchev–Trinajstić information content (AvgIpc) is 2.96. The van der Waals surface area contributed by atoms with Gasteiger partial charge in [0.2, 0.25) is 5.91 Å². The summed E-state index contributed by atoms with van der Waals surface area (Å²) in [6.45, 7) is 7.13. The van der Waals surface area contributed by atoms with E-state index in [1.807, 2.05) is 23.9 Å². The molecule has 2 atom stereocenters. The van der Waals surface area contributed by atoms with Crippen molar-refractivity contribution in [2.24, 2.45) is 17.6 Å². The van der Waals surface area contributed by atoms with Crippen molar-refractivity contribution >= 4 is 23.4 Å². The summed E-state index contributed by atoms with van der Waals surface area (Å²) < 4.78 is 0. The highest BCUT2D eigenvalue weighted by molar-refractivity contribution is 7.99. The van der Waals surface area contributed by atoms with Gasteiger partial charge >= 0.3 is 0 Å². The van der Waals surface area contributed by atoms with Crippen LogP contribution in [-0.4, -0.2) is 17.7 Å². The molecule has 3 nitrogen and oxygen atoms in total. The molecule has 1 aliphatic carbocycles. The molecular weight excluding hydrogens is 292 g/mol. The molecule has 1 fully saturated rings. The lowest BCUT2D eigenvalue weighted by molar-refractivity contribution is -0.120. The second-order valence-corrected chi connectivity index (χ2v) is 8.04. The number of carbonyl (C=O) groups excluding carboxylic acids is 1. The molecule has 1 aromatic carbocycles. The topological polar surface area (TPSA) is 55.1 Å². The first-order valence-electron chi connectivity index (χ1n) is 8.24. The minimum Gasteiger partial charge on any atom is -0.330 e. The summed E-state index contributed by atoms with van der Waals surface area (Å²) >= 11 is 1.93. The van der Waals surface area contributed by atoms with Crippen LogP contribution in [0.1, 0.15) is 44.2 Å². The zero-order valence-corrected chi connectivity index (χ0v) is 14.7. The number of thioether (sulfide) groups is 1. The van der Waals surface area contributed by atoms with E-state index in [-0.39, 0.29) is 11.8 Å². The number of carbonyl (C=O) groups is 1. The molecule has 0 unspecified atom stereocenters. The third kappa shape index (κ3) is 4.26. The Hall–Kier alpha value is -1.00. The average molecular weight is 321 g/mol. The van der Waals surface area contributed by atoms with Crippen molar-refractivity contribution in [3.63, 3.8) is 0 Å². The largest absolute Gasteiger partial charge is 0.330 e. The number of anilines is 1. The molecule has 0 bridgehead atoms. The number of nitrogens with two attached hydrogens (primary N) is 1. The van der Waals surface area contributed by atoms with Gasteiger partial charge in [0.05, 0.1) is 0 Å². The molecule has 0 aliphatic heterocycles. The van der Waals surface area contributed by atoms with Crippen molar-refractivity contribution in [2.45, 2.75) is 51.0 Å². The van der Waals surface area contributed by atoms with Crippen molar-refractivity contribution in [2.75, 3.05) is 11.9 Å². The van der Waals surface area contributed by atoms with E-state index in [1.54, 1.807) is 0 Å². The van der Waals surface area contributed by atoms with Gasteiger partial charge in [-0.05, 0) is 54.7 Å². The Balaban J connectivity index is 2.06. The summed E-state index contributed by atoms with van der Waals surface area (Å²) in [7, 11) is 0. The molecule has 22 heavy (non-hydrogen) atoms. The summed E-state index contributed by atoms with van der Waals surface area (Å²) in [6, 6.07) is 6.19. The molecule has 1 aliphatic rings. The van der Waals surface area contributed by atoms with Gasteiger partial charge in [-0.2, -0.15) is 11.8 Å². The van der Waals surface area contributed by atoms with Crippen LogP contribution in [0.15, 0.2) is 18.2 Å². The Morgan fingerprint density at radius 3 is 2.86 bits per heavy atom. The van der Waals surface area contributed by atoms with Gasteiger partial charge in [-0.3, -0.25) is 4.79 Å². The molecule has 1 aromatic rings. The van der Waals surface area contributed by atoms with Crippen molar-refractivity contribution in [3.8, 4) is 0 Å². The number of amides is 1. The van der Waals surface area contributed by atoms with Crippen LogP contribution >= 0.6 is 11.8 Å². The summed E-state index contributed by atoms with van der Waals surface area (Å²) in [5, 5.41) is 3.75. The first-order chi connectivity index (χ1) is 10.5.